The van der Waals surface area contributed by atoms with Gasteiger partial charge in [-0.25, -0.2) is 0 Å². The highest BCUT2D eigenvalue weighted by Gasteiger charge is 2.29. The number of carbonyl (C=O) groups is 1. The zero-order valence-electron chi connectivity index (χ0n) is 12.1. The molecule has 0 radical (unpaired) electrons. The number of hydrogen-bond donors (Lipinski definition) is 0. The number of benzene rings is 1. The SMILES string of the molecule is CCOc1ccc(CN(C)C(=O)C(C)(C)CCl)cc1. The van der Waals surface area contributed by atoms with Crippen molar-refractivity contribution in [2.24, 2.45) is 5.41 Å². The molecule has 0 fully saturated rings. The first-order valence-electron chi connectivity index (χ1n) is 6.44. The summed E-state index contributed by atoms with van der Waals surface area (Å²) in [5.74, 6) is 1.22. The molecule has 0 saturated carbocycles. The van der Waals surface area contributed by atoms with E-state index >= 15 is 0 Å². The molecular weight excluding hydrogens is 262 g/mol. The van der Waals surface area contributed by atoms with Gasteiger partial charge in [-0.15, -0.1) is 11.6 Å². The zero-order chi connectivity index (χ0) is 14.5. The molecule has 0 N–H and O–H groups in total. The number of hydrogen-bond acceptors (Lipinski definition) is 2. The zero-order valence-corrected chi connectivity index (χ0v) is 12.8. The molecule has 0 aliphatic carbocycles. The van der Waals surface area contributed by atoms with E-state index in [0.717, 1.165) is 11.3 Å². The Morgan fingerprint density at radius 3 is 2.37 bits per heavy atom. The molecule has 0 atom stereocenters. The highest BCUT2D eigenvalue weighted by atomic mass is 35.5. The van der Waals surface area contributed by atoms with Gasteiger partial charge in [0.25, 0.3) is 0 Å². The Bertz CT molecular complexity index is 415. The monoisotopic (exact) mass is 283 g/mol. The van der Waals surface area contributed by atoms with Crippen LogP contribution < -0.4 is 4.74 Å². The van der Waals surface area contributed by atoms with E-state index in [2.05, 4.69) is 0 Å². The van der Waals surface area contributed by atoms with Crippen molar-refractivity contribution in [3.63, 3.8) is 0 Å². The molecule has 0 aromatic heterocycles. The van der Waals surface area contributed by atoms with Crippen LogP contribution in [0, 0.1) is 5.41 Å². The third-order valence-corrected chi connectivity index (χ3v) is 3.58. The predicted molar refractivity (Wildman–Crippen MR) is 78.6 cm³/mol. The maximum atomic E-state index is 12.2. The van der Waals surface area contributed by atoms with Gasteiger partial charge in [-0.1, -0.05) is 12.1 Å². The van der Waals surface area contributed by atoms with E-state index in [9.17, 15) is 4.79 Å². The summed E-state index contributed by atoms with van der Waals surface area (Å²) < 4.78 is 5.39. The number of halogens is 1. The van der Waals surface area contributed by atoms with Gasteiger partial charge < -0.3 is 9.64 Å². The van der Waals surface area contributed by atoms with E-state index in [1.807, 2.05) is 45.0 Å². The van der Waals surface area contributed by atoms with Gasteiger partial charge in [-0.3, -0.25) is 4.79 Å². The van der Waals surface area contributed by atoms with E-state index in [4.69, 9.17) is 16.3 Å². The summed E-state index contributed by atoms with van der Waals surface area (Å²) in [5.41, 5.74) is 0.548. The van der Waals surface area contributed by atoms with Crippen molar-refractivity contribution < 1.29 is 9.53 Å². The van der Waals surface area contributed by atoms with Crippen LogP contribution in [0.4, 0.5) is 0 Å². The number of alkyl halides is 1. The van der Waals surface area contributed by atoms with Gasteiger partial charge in [0.05, 0.1) is 12.0 Å². The van der Waals surface area contributed by atoms with Gasteiger partial charge in [-0.2, -0.15) is 0 Å². The van der Waals surface area contributed by atoms with Gasteiger partial charge in [0, 0.05) is 19.5 Å². The Labute approximate surface area is 120 Å². The molecule has 1 aromatic rings. The Kier molecular flexibility index (Phi) is 5.67. The summed E-state index contributed by atoms with van der Waals surface area (Å²) >= 11 is 5.83. The molecule has 1 amide bonds. The lowest BCUT2D eigenvalue weighted by Gasteiger charge is -2.27. The van der Waals surface area contributed by atoms with Crippen LogP contribution in [0.5, 0.6) is 5.75 Å². The maximum absolute atomic E-state index is 12.2. The topological polar surface area (TPSA) is 29.5 Å². The lowest BCUT2D eigenvalue weighted by Crippen LogP contribution is -2.39. The third-order valence-electron chi connectivity index (χ3n) is 2.91. The summed E-state index contributed by atoms with van der Waals surface area (Å²) in [7, 11) is 1.80. The molecular formula is C15H22ClNO2. The molecule has 1 rings (SSSR count). The molecule has 3 nitrogen and oxygen atoms in total. The quantitative estimate of drug-likeness (QED) is 0.750. The van der Waals surface area contributed by atoms with Crippen LogP contribution >= 0.6 is 11.6 Å². The number of rotatable bonds is 6. The predicted octanol–water partition coefficient (Wildman–Crippen LogP) is 3.31. The Balaban J connectivity index is 2.66. The lowest BCUT2D eigenvalue weighted by molar-refractivity contribution is -0.138. The number of amides is 1. The van der Waals surface area contributed by atoms with Crippen molar-refractivity contribution in [3.8, 4) is 5.75 Å². The second-order valence-electron chi connectivity index (χ2n) is 5.26. The largest absolute Gasteiger partial charge is 0.494 e. The fourth-order valence-electron chi connectivity index (χ4n) is 1.78. The number of carbonyl (C=O) groups excluding carboxylic acids is 1. The van der Waals surface area contributed by atoms with Crippen molar-refractivity contribution in [1.29, 1.82) is 0 Å². The summed E-state index contributed by atoms with van der Waals surface area (Å²) in [6.07, 6.45) is 0. The molecule has 106 valence electrons. The van der Waals surface area contributed by atoms with Crippen molar-refractivity contribution in [2.45, 2.75) is 27.3 Å². The normalized spacial score (nSPS) is 11.2. The van der Waals surface area contributed by atoms with Crippen molar-refractivity contribution in [2.75, 3.05) is 19.5 Å². The van der Waals surface area contributed by atoms with Crippen LogP contribution in [0.2, 0.25) is 0 Å². The van der Waals surface area contributed by atoms with Gasteiger partial charge in [0.2, 0.25) is 5.91 Å². The fraction of sp³-hybridized carbons (Fsp3) is 0.533. The molecule has 0 bridgehead atoms. The molecule has 19 heavy (non-hydrogen) atoms. The smallest absolute Gasteiger partial charge is 0.229 e. The molecule has 0 unspecified atom stereocenters. The number of ether oxygens (including phenoxy) is 1. The highest BCUT2D eigenvalue weighted by Crippen LogP contribution is 2.21. The van der Waals surface area contributed by atoms with Crippen LogP contribution in [0.1, 0.15) is 26.3 Å². The van der Waals surface area contributed by atoms with Crippen molar-refractivity contribution >= 4 is 17.5 Å². The van der Waals surface area contributed by atoms with Crippen LogP contribution in [0.3, 0.4) is 0 Å². The molecule has 1 aromatic carbocycles. The van der Waals surface area contributed by atoms with Crippen molar-refractivity contribution in [3.05, 3.63) is 29.8 Å². The van der Waals surface area contributed by atoms with Crippen LogP contribution in [-0.4, -0.2) is 30.3 Å². The average molecular weight is 284 g/mol. The van der Waals surface area contributed by atoms with E-state index in [0.29, 0.717) is 19.0 Å². The van der Waals surface area contributed by atoms with Gasteiger partial charge in [-0.05, 0) is 38.5 Å². The Hall–Kier alpha value is -1.22. The first kappa shape index (κ1) is 15.8. The highest BCUT2D eigenvalue weighted by molar-refractivity contribution is 6.19. The molecule has 0 aliphatic rings. The van der Waals surface area contributed by atoms with Crippen LogP contribution in [-0.2, 0) is 11.3 Å². The van der Waals surface area contributed by atoms with E-state index in [1.54, 1.807) is 11.9 Å². The number of nitrogens with zero attached hydrogens (tertiary/aromatic N) is 1. The second-order valence-corrected chi connectivity index (χ2v) is 5.52. The summed E-state index contributed by atoms with van der Waals surface area (Å²) in [4.78, 5) is 13.9. The molecule has 0 spiro atoms. The summed E-state index contributed by atoms with van der Waals surface area (Å²) in [6.45, 7) is 6.90. The summed E-state index contributed by atoms with van der Waals surface area (Å²) in [5, 5.41) is 0. The van der Waals surface area contributed by atoms with Gasteiger partial charge in [0.1, 0.15) is 5.75 Å². The van der Waals surface area contributed by atoms with E-state index < -0.39 is 5.41 Å². The van der Waals surface area contributed by atoms with Gasteiger partial charge >= 0.3 is 0 Å². The van der Waals surface area contributed by atoms with Gasteiger partial charge in [0.15, 0.2) is 0 Å². The Morgan fingerprint density at radius 1 is 1.32 bits per heavy atom. The second kappa shape index (κ2) is 6.80. The van der Waals surface area contributed by atoms with E-state index in [1.165, 1.54) is 0 Å². The fourth-order valence-corrected chi connectivity index (χ4v) is 1.89. The first-order valence-corrected chi connectivity index (χ1v) is 6.97. The minimum atomic E-state index is -0.526. The minimum absolute atomic E-state index is 0.0522. The Morgan fingerprint density at radius 2 is 1.89 bits per heavy atom. The van der Waals surface area contributed by atoms with Crippen LogP contribution in [0.25, 0.3) is 0 Å². The van der Waals surface area contributed by atoms with E-state index in [-0.39, 0.29) is 5.91 Å². The van der Waals surface area contributed by atoms with Crippen molar-refractivity contribution in [1.82, 2.24) is 4.90 Å². The minimum Gasteiger partial charge on any atom is -0.494 e. The summed E-state index contributed by atoms with van der Waals surface area (Å²) in [6, 6.07) is 7.79. The molecule has 0 heterocycles. The molecule has 4 heteroatoms. The standard InChI is InChI=1S/C15H22ClNO2/c1-5-19-13-8-6-12(7-9-13)10-17(4)14(18)15(2,3)11-16/h6-9H,5,10-11H2,1-4H3. The first-order chi connectivity index (χ1) is 8.90. The maximum Gasteiger partial charge on any atom is 0.229 e. The average Bonchev–Trinajstić information content (AvgIpc) is 2.40. The lowest BCUT2D eigenvalue weighted by atomic mass is 9.94. The third kappa shape index (κ3) is 4.43. The molecule has 0 aliphatic heterocycles. The van der Waals surface area contributed by atoms with Crippen LogP contribution in [0.15, 0.2) is 24.3 Å². The molecule has 0 saturated heterocycles.